The molecule has 84 heavy (non-hydrogen) atoms. The average molecular weight is 1130 g/mol. The molecule has 0 radical (unpaired) electrons. The molecular formula is C80H88N2Si2. The minimum absolute atomic E-state index is 0.129. The van der Waals surface area contributed by atoms with Gasteiger partial charge in [-0.2, -0.15) is 0 Å². The topological polar surface area (TPSA) is 6.48 Å². The molecule has 14 rings (SSSR count). The van der Waals surface area contributed by atoms with Gasteiger partial charge in [0.25, 0.3) is 0 Å². The van der Waals surface area contributed by atoms with Crippen molar-refractivity contribution >= 4 is 103 Å². The van der Waals surface area contributed by atoms with E-state index in [1.165, 1.54) is 198 Å². The van der Waals surface area contributed by atoms with E-state index in [-0.39, 0.29) is 10.8 Å². The SMILES string of the molecule is CCCC[Si]1(CCCC)c2ccccc2N(c2cc(C(C)C)c3ccc4c(N5c6ccccc6[Si](CCCC)(CCCC)c6cc7c(cc65)C(C)(C)c5ccccc5-7)cc(C(C)C)c5ccc2c3c54)c2cc3c(cc21)-c1ccccc1C3(C)C. The Morgan fingerprint density at radius 2 is 0.679 bits per heavy atom. The van der Waals surface area contributed by atoms with Crippen molar-refractivity contribution < 1.29 is 0 Å². The quantitative estimate of drug-likeness (QED) is 0.0703. The van der Waals surface area contributed by atoms with E-state index in [0.29, 0.717) is 11.8 Å². The minimum atomic E-state index is -2.33. The third-order valence-corrected chi connectivity index (χ3v) is 32.3. The highest BCUT2D eigenvalue weighted by molar-refractivity contribution is 7.05. The highest BCUT2D eigenvalue weighted by Gasteiger charge is 2.50. The molecule has 2 heterocycles. The Labute approximate surface area is 504 Å². The van der Waals surface area contributed by atoms with Gasteiger partial charge in [-0.3, -0.25) is 0 Å². The van der Waals surface area contributed by atoms with Gasteiger partial charge in [0.15, 0.2) is 0 Å². The second kappa shape index (κ2) is 20.5. The largest absolute Gasteiger partial charge is 0.310 e. The second-order valence-corrected chi connectivity index (χ2v) is 36.3. The molecule has 0 bridgehead atoms. The predicted octanol–water partition coefficient (Wildman–Crippen LogP) is 21.3. The minimum Gasteiger partial charge on any atom is -0.310 e. The van der Waals surface area contributed by atoms with Gasteiger partial charge in [0.1, 0.15) is 16.1 Å². The lowest BCUT2D eigenvalue weighted by atomic mass is 9.82. The first-order chi connectivity index (χ1) is 40.7. The maximum atomic E-state index is 2.81. The molecule has 0 N–H and O–H groups in total. The third kappa shape index (κ3) is 7.76. The molecule has 4 aliphatic rings. The molecular weight excluding hydrogens is 1050 g/mol. The molecule has 0 fully saturated rings. The molecule has 4 heteroatoms. The van der Waals surface area contributed by atoms with Crippen LogP contribution in [0.15, 0.2) is 158 Å². The van der Waals surface area contributed by atoms with Crippen molar-refractivity contribution in [2.45, 2.75) is 181 Å². The van der Waals surface area contributed by atoms with E-state index in [2.05, 4.69) is 251 Å². The van der Waals surface area contributed by atoms with E-state index in [1.807, 2.05) is 0 Å². The smallest absolute Gasteiger partial charge is 0.123 e. The van der Waals surface area contributed by atoms with Crippen LogP contribution in [0.2, 0.25) is 24.2 Å². The molecule has 0 amide bonds. The van der Waals surface area contributed by atoms with Crippen molar-refractivity contribution in [2.75, 3.05) is 9.80 Å². The van der Waals surface area contributed by atoms with Crippen molar-refractivity contribution in [1.29, 1.82) is 0 Å². The van der Waals surface area contributed by atoms with E-state index in [9.17, 15) is 0 Å². The first-order valence-corrected chi connectivity index (χ1v) is 37.6. The number of benzene rings is 10. The Morgan fingerprint density at radius 3 is 1.05 bits per heavy atom. The Balaban J connectivity index is 1.09. The number of fused-ring (bicyclic) bond motifs is 10. The van der Waals surface area contributed by atoms with Crippen LogP contribution in [0.5, 0.6) is 0 Å². The fourth-order valence-corrected chi connectivity index (χ4v) is 28.9. The van der Waals surface area contributed by atoms with Crippen molar-refractivity contribution in [3.63, 3.8) is 0 Å². The lowest BCUT2D eigenvalue weighted by molar-refractivity contribution is 0.660. The zero-order chi connectivity index (χ0) is 58.2. The fraction of sp³-hybridized carbons (Fsp3) is 0.350. The molecule has 2 nitrogen and oxygen atoms in total. The van der Waals surface area contributed by atoms with Crippen molar-refractivity contribution in [2.24, 2.45) is 0 Å². The summed E-state index contributed by atoms with van der Waals surface area (Å²) >= 11 is 0. The maximum Gasteiger partial charge on any atom is 0.123 e. The number of anilines is 6. The summed E-state index contributed by atoms with van der Waals surface area (Å²) in [6.07, 6.45) is 9.83. The maximum absolute atomic E-state index is 2.81. The van der Waals surface area contributed by atoms with Gasteiger partial charge in [-0.25, -0.2) is 0 Å². The number of hydrogen-bond donors (Lipinski definition) is 0. The number of hydrogen-bond acceptors (Lipinski definition) is 2. The molecule has 2 aliphatic heterocycles. The molecule has 0 unspecified atom stereocenters. The van der Waals surface area contributed by atoms with Crippen LogP contribution in [0.3, 0.4) is 0 Å². The van der Waals surface area contributed by atoms with Gasteiger partial charge < -0.3 is 9.80 Å². The van der Waals surface area contributed by atoms with Crippen molar-refractivity contribution in [1.82, 2.24) is 0 Å². The zero-order valence-electron chi connectivity index (χ0n) is 52.5. The summed E-state index contributed by atoms with van der Waals surface area (Å²) < 4.78 is 0. The highest BCUT2D eigenvalue weighted by atomic mass is 28.3. The van der Waals surface area contributed by atoms with Crippen LogP contribution in [-0.2, 0) is 10.8 Å². The van der Waals surface area contributed by atoms with Gasteiger partial charge in [0.05, 0.1) is 11.4 Å². The van der Waals surface area contributed by atoms with E-state index >= 15 is 0 Å². The predicted molar refractivity (Wildman–Crippen MR) is 372 cm³/mol. The van der Waals surface area contributed by atoms with Gasteiger partial charge in [0.2, 0.25) is 0 Å². The van der Waals surface area contributed by atoms with Crippen molar-refractivity contribution in [3.05, 3.63) is 191 Å². The van der Waals surface area contributed by atoms with Crippen LogP contribution < -0.4 is 30.5 Å². The summed E-state index contributed by atoms with van der Waals surface area (Å²) in [5.74, 6) is 0.597. The molecule has 0 saturated heterocycles. The Bertz CT molecular complexity index is 3960. The summed E-state index contributed by atoms with van der Waals surface area (Å²) in [4.78, 5) is 5.62. The molecule has 0 aromatic heterocycles. The lowest BCUT2D eigenvalue weighted by Crippen LogP contribution is -2.62. The van der Waals surface area contributed by atoms with Gasteiger partial charge >= 0.3 is 0 Å². The molecule has 10 aromatic rings. The van der Waals surface area contributed by atoms with E-state index in [4.69, 9.17) is 0 Å². The first-order valence-electron chi connectivity index (χ1n) is 32.8. The first kappa shape index (κ1) is 55.2. The standard InChI is InChI=1S/C80H88N2Si2/c1-13-17-41-83(42-18-14-2)73-35-27-25-33-67(73)81(71-49-65-61(47-75(71)83)53-29-21-23-31-63(53)79(65,9)10)69-45-59(51(5)6)55-38-40-58-70(46-60(52(7)8)56-37-39-57(69)77(55)78(56)58)82-68-34-26-28-36-74(68)84(43-19-15-3,44-20-16-4)76-48-62-54-30-22-24-32-64(54)80(11,12)66(62)50-72(76)82/h21-40,45-52H,13-20,41-44H2,1-12H3. The Morgan fingerprint density at radius 1 is 0.333 bits per heavy atom. The molecule has 426 valence electrons. The molecule has 10 aromatic carbocycles. The van der Waals surface area contributed by atoms with E-state index < -0.39 is 16.1 Å². The monoisotopic (exact) mass is 1130 g/mol. The van der Waals surface area contributed by atoms with Crippen LogP contribution in [0.1, 0.15) is 180 Å². The number of nitrogens with zero attached hydrogens (tertiary/aromatic N) is 2. The molecule has 2 aliphatic carbocycles. The third-order valence-electron chi connectivity index (χ3n) is 21.7. The Hall–Kier alpha value is -6.73. The number of unbranched alkanes of at least 4 members (excludes halogenated alkanes) is 4. The summed E-state index contributed by atoms with van der Waals surface area (Å²) in [6.45, 7) is 29.3. The number of rotatable bonds is 16. The second-order valence-electron chi connectivity index (χ2n) is 27.8. The summed E-state index contributed by atoms with van der Waals surface area (Å²) in [5, 5.41) is 14.9. The summed E-state index contributed by atoms with van der Waals surface area (Å²) in [6, 6.07) is 69.8. The van der Waals surface area contributed by atoms with Gasteiger partial charge in [-0.05, 0) is 170 Å². The van der Waals surface area contributed by atoms with Gasteiger partial charge in [-0.15, -0.1) is 0 Å². The van der Waals surface area contributed by atoms with Gasteiger partial charge in [-0.1, -0.05) is 256 Å². The van der Waals surface area contributed by atoms with Crippen LogP contribution in [-0.4, -0.2) is 16.1 Å². The zero-order valence-corrected chi connectivity index (χ0v) is 54.5. The summed E-state index contributed by atoms with van der Waals surface area (Å²) in [5.41, 5.74) is 22.5. The van der Waals surface area contributed by atoms with E-state index in [0.717, 1.165) is 0 Å². The molecule has 0 spiro atoms. The number of para-hydroxylation sites is 2. The highest BCUT2D eigenvalue weighted by Crippen LogP contribution is 2.57. The van der Waals surface area contributed by atoms with E-state index in [1.54, 1.807) is 20.7 Å². The van der Waals surface area contributed by atoms with Crippen LogP contribution in [0.25, 0.3) is 54.6 Å². The van der Waals surface area contributed by atoms with Gasteiger partial charge in [0, 0.05) is 44.4 Å². The molecule has 0 atom stereocenters. The lowest BCUT2D eigenvalue weighted by Gasteiger charge is -2.46. The fourth-order valence-electron chi connectivity index (χ4n) is 17.4. The van der Waals surface area contributed by atoms with Crippen LogP contribution >= 0.6 is 0 Å². The Kier molecular flexibility index (Phi) is 13.4. The average Bonchev–Trinajstić information content (AvgIpc) is 1.22. The van der Waals surface area contributed by atoms with Crippen LogP contribution in [0, 0.1) is 0 Å². The van der Waals surface area contributed by atoms with Crippen LogP contribution in [0.4, 0.5) is 34.1 Å². The molecule has 0 saturated carbocycles. The van der Waals surface area contributed by atoms with Crippen molar-refractivity contribution in [3.8, 4) is 22.3 Å². The summed E-state index contributed by atoms with van der Waals surface area (Å²) in [7, 11) is -4.65. The normalized spacial score (nSPS) is 16.3.